The zero-order chi connectivity index (χ0) is 12.8. The third kappa shape index (κ3) is 4.30. The molecule has 0 spiro atoms. The summed E-state index contributed by atoms with van der Waals surface area (Å²) in [5.74, 6) is -0.428. The summed E-state index contributed by atoms with van der Waals surface area (Å²) >= 11 is 0. The zero-order valence-corrected chi connectivity index (χ0v) is 10.2. The summed E-state index contributed by atoms with van der Waals surface area (Å²) in [6.07, 6.45) is 1.40. The van der Waals surface area contributed by atoms with Crippen LogP contribution >= 0.6 is 0 Å². The summed E-state index contributed by atoms with van der Waals surface area (Å²) in [5, 5.41) is 2.50. The van der Waals surface area contributed by atoms with Crippen molar-refractivity contribution < 1.29 is 18.7 Å². The summed E-state index contributed by atoms with van der Waals surface area (Å²) in [6.45, 7) is 5.81. The first-order valence-electron chi connectivity index (χ1n) is 5.51. The van der Waals surface area contributed by atoms with Crippen LogP contribution in [0, 0.1) is 5.92 Å². The minimum absolute atomic E-state index is 0.175. The van der Waals surface area contributed by atoms with E-state index in [1.165, 1.54) is 12.3 Å². The number of furan rings is 1. The Balaban J connectivity index is 2.41. The van der Waals surface area contributed by atoms with Gasteiger partial charge in [0.25, 0.3) is 5.91 Å². The summed E-state index contributed by atoms with van der Waals surface area (Å²) in [4.78, 5) is 23.0. The normalized spacial score (nSPS) is 12.2. The lowest BCUT2D eigenvalue weighted by atomic mass is 10.2. The van der Waals surface area contributed by atoms with E-state index in [2.05, 4.69) is 5.32 Å². The van der Waals surface area contributed by atoms with Gasteiger partial charge in [0, 0.05) is 0 Å². The van der Waals surface area contributed by atoms with Gasteiger partial charge in [-0.25, -0.2) is 4.79 Å². The van der Waals surface area contributed by atoms with E-state index in [-0.39, 0.29) is 11.7 Å². The first kappa shape index (κ1) is 13.3. The number of nitrogens with one attached hydrogen (secondary N) is 1. The number of esters is 1. The third-order valence-corrected chi connectivity index (χ3v) is 2.01. The molecule has 0 fully saturated rings. The lowest BCUT2D eigenvalue weighted by Crippen LogP contribution is -2.39. The fraction of sp³-hybridized carbons (Fsp3) is 0.500. The van der Waals surface area contributed by atoms with Gasteiger partial charge in [0.2, 0.25) is 0 Å². The second-order valence-corrected chi connectivity index (χ2v) is 4.20. The largest absolute Gasteiger partial charge is 0.464 e. The van der Waals surface area contributed by atoms with Crippen LogP contribution in [0.25, 0.3) is 0 Å². The molecule has 1 N–H and O–H groups in total. The SMILES string of the molecule is CC(C)COC(=O)C(C)NC(=O)c1ccco1. The molecule has 1 heterocycles. The van der Waals surface area contributed by atoms with Crippen LogP contribution in [0.2, 0.25) is 0 Å². The monoisotopic (exact) mass is 239 g/mol. The number of carbonyl (C=O) groups excluding carboxylic acids is 2. The Morgan fingerprint density at radius 3 is 2.65 bits per heavy atom. The van der Waals surface area contributed by atoms with Gasteiger partial charge in [-0.15, -0.1) is 0 Å². The fourth-order valence-electron chi connectivity index (χ4n) is 1.11. The van der Waals surface area contributed by atoms with Crippen LogP contribution in [0.1, 0.15) is 31.3 Å². The van der Waals surface area contributed by atoms with E-state index < -0.39 is 17.9 Å². The van der Waals surface area contributed by atoms with E-state index in [0.717, 1.165) is 0 Å². The van der Waals surface area contributed by atoms with E-state index in [9.17, 15) is 9.59 Å². The maximum Gasteiger partial charge on any atom is 0.328 e. The molecule has 1 atom stereocenters. The molecule has 1 aromatic heterocycles. The Morgan fingerprint density at radius 1 is 1.41 bits per heavy atom. The number of rotatable bonds is 5. The van der Waals surface area contributed by atoms with E-state index in [0.29, 0.717) is 6.61 Å². The van der Waals surface area contributed by atoms with E-state index in [1.807, 2.05) is 13.8 Å². The lowest BCUT2D eigenvalue weighted by Gasteiger charge is -2.13. The molecule has 1 rings (SSSR count). The van der Waals surface area contributed by atoms with E-state index in [1.54, 1.807) is 13.0 Å². The van der Waals surface area contributed by atoms with Gasteiger partial charge in [-0.2, -0.15) is 0 Å². The minimum atomic E-state index is -0.689. The molecule has 1 aromatic rings. The van der Waals surface area contributed by atoms with Gasteiger partial charge in [-0.05, 0) is 25.0 Å². The maximum atomic E-state index is 11.5. The van der Waals surface area contributed by atoms with Crippen LogP contribution in [-0.4, -0.2) is 24.5 Å². The quantitative estimate of drug-likeness (QED) is 0.792. The van der Waals surface area contributed by atoms with Crippen molar-refractivity contribution in [3.8, 4) is 0 Å². The Labute approximate surface area is 100 Å². The summed E-state index contributed by atoms with van der Waals surface area (Å²) in [7, 11) is 0. The number of amides is 1. The molecule has 1 amide bonds. The summed E-state index contributed by atoms with van der Waals surface area (Å²) < 4.78 is 9.91. The van der Waals surface area contributed by atoms with Crippen molar-refractivity contribution in [2.45, 2.75) is 26.8 Å². The second-order valence-electron chi connectivity index (χ2n) is 4.20. The van der Waals surface area contributed by atoms with Crippen LogP contribution in [0.3, 0.4) is 0 Å². The smallest absolute Gasteiger partial charge is 0.328 e. The molecule has 17 heavy (non-hydrogen) atoms. The van der Waals surface area contributed by atoms with Crippen LogP contribution in [0.5, 0.6) is 0 Å². The number of hydrogen-bond donors (Lipinski definition) is 1. The molecule has 94 valence electrons. The molecule has 0 aromatic carbocycles. The topological polar surface area (TPSA) is 68.5 Å². The predicted molar refractivity (Wildman–Crippen MR) is 61.4 cm³/mol. The van der Waals surface area contributed by atoms with Gasteiger partial charge < -0.3 is 14.5 Å². The number of ether oxygens (including phenoxy) is 1. The molecule has 0 aliphatic heterocycles. The second kappa shape index (κ2) is 6.08. The Morgan fingerprint density at radius 2 is 2.12 bits per heavy atom. The number of hydrogen-bond acceptors (Lipinski definition) is 4. The van der Waals surface area contributed by atoms with Crippen molar-refractivity contribution in [2.24, 2.45) is 5.92 Å². The molecule has 0 bridgehead atoms. The van der Waals surface area contributed by atoms with Gasteiger partial charge in [-0.3, -0.25) is 4.79 Å². The third-order valence-electron chi connectivity index (χ3n) is 2.01. The molecule has 5 heteroatoms. The molecule has 0 aliphatic rings. The molecular formula is C12H17NO4. The fourth-order valence-corrected chi connectivity index (χ4v) is 1.11. The Bertz CT molecular complexity index is 370. The van der Waals surface area contributed by atoms with Crippen molar-refractivity contribution in [2.75, 3.05) is 6.61 Å². The summed E-state index contributed by atoms with van der Waals surface area (Å²) in [6, 6.07) is 2.45. The average molecular weight is 239 g/mol. The van der Waals surface area contributed by atoms with E-state index in [4.69, 9.17) is 9.15 Å². The van der Waals surface area contributed by atoms with Gasteiger partial charge in [0.1, 0.15) is 6.04 Å². The highest BCUT2D eigenvalue weighted by Crippen LogP contribution is 2.01. The minimum Gasteiger partial charge on any atom is -0.464 e. The van der Waals surface area contributed by atoms with Gasteiger partial charge in [-0.1, -0.05) is 13.8 Å². The highest BCUT2D eigenvalue weighted by atomic mass is 16.5. The molecular weight excluding hydrogens is 222 g/mol. The molecule has 5 nitrogen and oxygen atoms in total. The first-order valence-corrected chi connectivity index (χ1v) is 5.51. The highest BCUT2D eigenvalue weighted by molar-refractivity contribution is 5.94. The molecule has 0 radical (unpaired) electrons. The molecule has 0 saturated carbocycles. The predicted octanol–water partition coefficient (Wildman–Crippen LogP) is 1.60. The summed E-state index contributed by atoms with van der Waals surface area (Å²) in [5.41, 5.74) is 0. The van der Waals surface area contributed by atoms with Gasteiger partial charge in [0.05, 0.1) is 12.9 Å². The Kier molecular flexibility index (Phi) is 4.75. The number of carbonyl (C=O) groups is 2. The highest BCUT2D eigenvalue weighted by Gasteiger charge is 2.19. The van der Waals surface area contributed by atoms with Crippen LogP contribution in [0.15, 0.2) is 22.8 Å². The Hall–Kier alpha value is -1.78. The molecule has 0 saturated heterocycles. The lowest BCUT2D eigenvalue weighted by molar-refractivity contribution is -0.146. The average Bonchev–Trinajstić information content (AvgIpc) is 2.78. The van der Waals surface area contributed by atoms with Crippen molar-refractivity contribution >= 4 is 11.9 Å². The van der Waals surface area contributed by atoms with Crippen LogP contribution < -0.4 is 5.32 Å². The van der Waals surface area contributed by atoms with Crippen LogP contribution in [0.4, 0.5) is 0 Å². The van der Waals surface area contributed by atoms with Crippen molar-refractivity contribution in [1.82, 2.24) is 5.32 Å². The van der Waals surface area contributed by atoms with Gasteiger partial charge >= 0.3 is 5.97 Å². The van der Waals surface area contributed by atoms with Gasteiger partial charge in [0.15, 0.2) is 5.76 Å². The van der Waals surface area contributed by atoms with Crippen LogP contribution in [-0.2, 0) is 9.53 Å². The van der Waals surface area contributed by atoms with Crippen molar-refractivity contribution in [3.05, 3.63) is 24.2 Å². The first-order chi connectivity index (χ1) is 8.00. The zero-order valence-electron chi connectivity index (χ0n) is 10.2. The molecule has 0 aliphatic carbocycles. The standard InChI is InChI=1S/C12H17NO4/c1-8(2)7-17-12(15)9(3)13-11(14)10-5-4-6-16-10/h4-6,8-9H,7H2,1-3H3,(H,13,14). The van der Waals surface area contributed by atoms with Crippen molar-refractivity contribution in [1.29, 1.82) is 0 Å². The van der Waals surface area contributed by atoms with Crippen molar-refractivity contribution in [3.63, 3.8) is 0 Å². The molecule has 1 unspecified atom stereocenters. The maximum absolute atomic E-state index is 11.5. The van der Waals surface area contributed by atoms with E-state index >= 15 is 0 Å².